The fourth-order valence-electron chi connectivity index (χ4n) is 4.16. The SMILES string of the molecule is FC(F)(F)Oc1ccc(-c2ccc(Cl)cc2)cc1CN[C@H]1CCNC[C@H]1c1ccccc1. The molecule has 0 bridgehead atoms. The summed E-state index contributed by atoms with van der Waals surface area (Å²) in [6, 6.07) is 22.3. The minimum absolute atomic E-state index is 0.136. The normalized spacial score (nSPS) is 19.0. The molecule has 3 aromatic rings. The molecule has 0 saturated carbocycles. The summed E-state index contributed by atoms with van der Waals surface area (Å²) < 4.78 is 43.3. The Labute approximate surface area is 190 Å². The van der Waals surface area contributed by atoms with Gasteiger partial charge in [-0.25, -0.2) is 0 Å². The third-order valence-corrected chi connectivity index (χ3v) is 5.98. The van der Waals surface area contributed by atoms with Crippen LogP contribution in [0.25, 0.3) is 11.1 Å². The number of benzene rings is 3. The zero-order valence-electron chi connectivity index (χ0n) is 17.3. The smallest absolute Gasteiger partial charge is 0.405 e. The Kier molecular flexibility index (Phi) is 7.04. The summed E-state index contributed by atoms with van der Waals surface area (Å²) >= 11 is 5.97. The van der Waals surface area contributed by atoms with Gasteiger partial charge in [-0.1, -0.05) is 60.1 Å². The van der Waals surface area contributed by atoms with E-state index in [2.05, 4.69) is 27.5 Å². The van der Waals surface area contributed by atoms with Gasteiger partial charge in [0.1, 0.15) is 5.75 Å². The van der Waals surface area contributed by atoms with Gasteiger partial charge >= 0.3 is 6.36 Å². The van der Waals surface area contributed by atoms with E-state index in [0.29, 0.717) is 10.6 Å². The van der Waals surface area contributed by atoms with Crippen LogP contribution in [-0.2, 0) is 6.54 Å². The van der Waals surface area contributed by atoms with E-state index in [4.69, 9.17) is 11.6 Å². The van der Waals surface area contributed by atoms with Gasteiger partial charge in [-0.15, -0.1) is 13.2 Å². The van der Waals surface area contributed by atoms with Crippen molar-refractivity contribution in [1.29, 1.82) is 0 Å². The number of hydrogen-bond acceptors (Lipinski definition) is 3. The van der Waals surface area contributed by atoms with Gasteiger partial charge < -0.3 is 15.4 Å². The van der Waals surface area contributed by atoms with Gasteiger partial charge in [-0.2, -0.15) is 0 Å². The van der Waals surface area contributed by atoms with Gasteiger partial charge in [0.05, 0.1) is 0 Å². The van der Waals surface area contributed by atoms with Crippen LogP contribution in [0.3, 0.4) is 0 Å². The Bertz CT molecular complexity index is 1030. The molecule has 0 amide bonds. The minimum Gasteiger partial charge on any atom is -0.405 e. The minimum atomic E-state index is -4.75. The molecule has 1 saturated heterocycles. The quantitative estimate of drug-likeness (QED) is 0.463. The molecule has 3 nitrogen and oxygen atoms in total. The molecule has 0 aromatic heterocycles. The maximum Gasteiger partial charge on any atom is 0.573 e. The molecule has 2 atom stereocenters. The van der Waals surface area contributed by atoms with Crippen molar-refractivity contribution in [3.8, 4) is 16.9 Å². The van der Waals surface area contributed by atoms with E-state index in [1.807, 2.05) is 30.3 Å². The average Bonchev–Trinajstić information content (AvgIpc) is 2.79. The molecule has 0 spiro atoms. The van der Waals surface area contributed by atoms with Crippen molar-refractivity contribution in [2.45, 2.75) is 31.3 Å². The summed E-state index contributed by atoms with van der Waals surface area (Å²) in [6.07, 6.45) is -3.87. The Hall–Kier alpha value is -2.54. The number of alkyl halides is 3. The molecule has 1 aliphatic rings. The lowest BCUT2D eigenvalue weighted by molar-refractivity contribution is -0.274. The molecule has 7 heteroatoms. The highest BCUT2D eigenvalue weighted by Crippen LogP contribution is 2.32. The molecule has 1 fully saturated rings. The molecule has 1 heterocycles. The molecular formula is C25H24ClF3N2O. The number of ether oxygens (including phenoxy) is 1. The number of halogens is 4. The topological polar surface area (TPSA) is 33.3 Å². The third-order valence-electron chi connectivity index (χ3n) is 5.73. The van der Waals surface area contributed by atoms with Crippen molar-refractivity contribution in [1.82, 2.24) is 10.6 Å². The summed E-state index contributed by atoms with van der Waals surface area (Å²) in [5.74, 6) is 0.0456. The van der Waals surface area contributed by atoms with E-state index in [1.165, 1.54) is 11.6 Å². The first-order valence-corrected chi connectivity index (χ1v) is 10.9. The molecule has 3 aromatic carbocycles. The van der Waals surface area contributed by atoms with Crippen molar-refractivity contribution in [3.63, 3.8) is 0 Å². The average molecular weight is 461 g/mol. The van der Waals surface area contributed by atoms with E-state index in [-0.39, 0.29) is 24.3 Å². The highest BCUT2D eigenvalue weighted by atomic mass is 35.5. The number of rotatable bonds is 6. The van der Waals surface area contributed by atoms with Gasteiger partial charge in [-0.3, -0.25) is 0 Å². The monoisotopic (exact) mass is 460 g/mol. The van der Waals surface area contributed by atoms with E-state index in [1.54, 1.807) is 24.3 Å². The first kappa shape index (κ1) is 22.6. The van der Waals surface area contributed by atoms with Crippen molar-refractivity contribution in [2.75, 3.05) is 13.1 Å². The van der Waals surface area contributed by atoms with Gasteiger partial charge in [0.15, 0.2) is 0 Å². The lowest BCUT2D eigenvalue weighted by Crippen LogP contribution is -2.45. The summed E-state index contributed by atoms with van der Waals surface area (Å²) in [6.45, 7) is 1.94. The molecule has 168 valence electrons. The van der Waals surface area contributed by atoms with Crippen molar-refractivity contribution < 1.29 is 17.9 Å². The van der Waals surface area contributed by atoms with E-state index < -0.39 is 6.36 Å². The highest BCUT2D eigenvalue weighted by molar-refractivity contribution is 6.30. The zero-order valence-corrected chi connectivity index (χ0v) is 18.1. The van der Waals surface area contributed by atoms with Crippen LogP contribution < -0.4 is 15.4 Å². The number of nitrogens with one attached hydrogen (secondary N) is 2. The van der Waals surface area contributed by atoms with Gasteiger partial charge in [0.2, 0.25) is 0 Å². The second-order valence-corrected chi connectivity index (χ2v) is 8.31. The molecule has 32 heavy (non-hydrogen) atoms. The van der Waals surface area contributed by atoms with Gasteiger partial charge in [-0.05, 0) is 53.9 Å². The zero-order chi connectivity index (χ0) is 22.6. The summed E-state index contributed by atoms with van der Waals surface area (Å²) in [4.78, 5) is 0. The number of piperidine rings is 1. The Morgan fingerprint density at radius 2 is 1.69 bits per heavy atom. The van der Waals surface area contributed by atoms with Gasteiger partial charge in [0, 0.05) is 35.6 Å². The Morgan fingerprint density at radius 1 is 0.969 bits per heavy atom. The van der Waals surface area contributed by atoms with Crippen LogP contribution in [0.1, 0.15) is 23.5 Å². The summed E-state index contributed by atoms with van der Waals surface area (Å²) in [5, 5.41) is 7.51. The van der Waals surface area contributed by atoms with Crippen LogP contribution in [-0.4, -0.2) is 25.5 Å². The van der Waals surface area contributed by atoms with E-state index in [0.717, 1.165) is 30.6 Å². The van der Waals surface area contributed by atoms with Crippen LogP contribution in [0.4, 0.5) is 13.2 Å². The fourth-order valence-corrected chi connectivity index (χ4v) is 4.28. The summed E-state index contributed by atoms with van der Waals surface area (Å²) in [5.41, 5.74) is 3.34. The predicted molar refractivity (Wildman–Crippen MR) is 121 cm³/mol. The molecular weight excluding hydrogens is 437 g/mol. The molecule has 4 rings (SSSR count). The van der Waals surface area contributed by atoms with E-state index >= 15 is 0 Å². The van der Waals surface area contributed by atoms with Crippen molar-refractivity contribution >= 4 is 11.6 Å². The first-order valence-electron chi connectivity index (χ1n) is 10.5. The molecule has 0 radical (unpaired) electrons. The lowest BCUT2D eigenvalue weighted by atomic mass is 9.86. The largest absolute Gasteiger partial charge is 0.573 e. The van der Waals surface area contributed by atoms with Crippen molar-refractivity contribution in [3.05, 3.63) is 88.9 Å². The number of hydrogen-bond donors (Lipinski definition) is 2. The maximum absolute atomic E-state index is 13.0. The standard InChI is InChI=1S/C25H24ClF3N2O/c26-21-9-6-17(7-10-21)19-8-11-24(32-25(27,28)29)20(14-19)15-31-23-12-13-30-16-22(23)18-4-2-1-3-5-18/h1-11,14,22-23,30-31H,12-13,15-16H2/t22-,23-/m0/s1. The fraction of sp³-hybridized carbons (Fsp3) is 0.280. The summed E-state index contributed by atoms with van der Waals surface area (Å²) in [7, 11) is 0. The Morgan fingerprint density at radius 3 is 2.41 bits per heavy atom. The molecule has 0 aliphatic carbocycles. The molecule has 1 aliphatic heterocycles. The van der Waals surface area contributed by atoms with Crippen LogP contribution in [0, 0.1) is 0 Å². The first-order chi connectivity index (χ1) is 15.4. The van der Waals surface area contributed by atoms with Crippen LogP contribution in [0.5, 0.6) is 5.75 Å². The predicted octanol–water partition coefficient (Wildman–Crippen LogP) is 6.14. The van der Waals surface area contributed by atoms with Crippen LogP contribution >= 0.6 is 11.6 Å². The van der Waals surface area contributed by atoms with E-state index in [9.17, 15) is 13.2 Å². The molecule has 2 N–H and O–H groups in total. The second kappa shape index (κ2) is 9.94. The maximum atomic E-state index is 13.0. The van der Waals surface area contributed by atoms with Crippen molar-refractivity contribution in [2.24, 2.45) is 0 Å². The Balaban J connectivity index is 1.58. The molecule has 0 unspecified atom stereocenters. The van der Waals surface area contributed by atoms with Crippen LogP contribution in [0.15, 0.2) is 72.8 Å². The lowest BCUT2D eigenvalue weighted by Gasteiger charge is -2.33. The third kappa shape index (κ3) is 5.82. The van der Waals surface area contributed by atoms with Crippen LogP contribution in [0.2, 0.25) is 5.02 Å². The highest BCUT2D eigenvalue weighted by Gasteiger charge is 2.32. The second-order valence-electron chi connectivity index (χ2n) is 7.87. The van der Waals surface area contributed by atoms with Gasteiger partial charge in [0.25, 0.3) is 0 Å².